The molecule has 7 nitrogen and oxygen atoms in total. The van der Waals surface area contributed by atoms with E-state index in [2.05, 4.69) is 31.8 Å². The van der Waals surface area contributed by atoms with Crippen LogP contribution in [0.15, 0.2) is 59.1 Å². The molecule has 3 aromatic rings. The minimum atomic E-state index is -0.275. The zero-order chi connectivity index (χ0) is 25.3. The lowest BCUT2D eigenvalue weighted by Crippen LogP contribution is -2.34. The van der Waals surface area contributed by atoms with Crippen molar-refractivity contribution < 1.29 is 9.18 Å². The summed E-state index contributed by atoms with van der Waals surface area (Å²) in [6.45, 7) is 2.84. The van der Waals surface area contributed by atoms with Gasteiger partial charge in [-0.15, -0.1) is 0 Å². The maximum atomic E-state index is 13.3. The molecule has 0 atom stereocenters. The van der Waals surface area contributed by atoms with E-state index < -0.39 is 0 Å². The van der Waals surface area contributed by atoms with Gasteiger partial charge in [0.05, 0.1) is 0 Å². The summed E-state index contributed by atoms with van der Waals surface area (Å²) in [7, 11) is 0. The molecule has 0 aliphatic heterocycles. The molecule has 2 heterocycles. The maximum Gasteiger partial charge on any atom is 0.277 e. The summed E-state index contributed by atoms with van der Waals surface area (Å²) in [5.74, 6) is 0.481. The quantitative estimate of drug-likeness (QED) is 0.242. The van der Waals surface area contributed by atoms with Gasteiger partial charge in [-0.1, -0.05) is 37.2 Å². The number of aromatic nitrogens is 4. The summed E-state index contributed by atoms with van der Waals surface area (Å²) in [5, 5.41) is 3.71. The first kappa shape index (κ1) is 26.0. The number of rotatable bonds is 10. The van der Waals surface area contributed by atoms with Gasteiger partial charge in [0.1, 0.15) is 12.1 Å². The standard InChI is InChI=1S/C27H32FN5O2S/c1-2-3-12-31-25(34)21-6-10-24(11-7-21)33-16-22(13-20-14-29-18-30-15-20)26(35)32-27(33)36-17-19-4-8-23(28)9-5-19/h4-5,8-9,14-16,18,21,24H,2-3,6-7,10-13,17H2,1H3,(H,31,34). The summed E-state index contributed by atoms with van der Waals surface area (Å²) in [6, 6.07) is 6.52. The van der Waals surface area contributed by atoms with Crippen LogP contribution in [0.5, 0.6) is 0 Å². The number of thioether (sulfide) groups is 1. The van der Waals surface area contributed by atoms with E-state index in [9.17, 15) is 14.0 Å². The molecular formula is C27H32FN5O2S. The highest BCUT2D eigenvalue weighted by Crippen LogP contribution is 2.35. The molecule has 36 heavy (non-hydrogen) atoms. The summed E-state index contributed by atoms with van der Waals surface area (Å²) < 4.78 is 15.4. The van der Waals surface area contributed by atoms with Crippen LogP contribution in [0.25, 0.3) is 0 Å². The van der Waals surface area contributed by atoms with E-state index in [1.165, 1.54) is 30.2 Å². The van der Waals surface area contributed by atoms with E-state index in [1.807, 2.05) is 6.20 Å². The van der Waals surface area contributed by atoms with Gasteiger partial charge in [0.25, 0.3) is 5.56 Å². The van der Waals surface area contributed by atoms with Gasteiger partial charge in [-0.25, -0.2) is 14.4 Å². The van der Waals surface area contributed by atoms with Crippen LogP contribution < -0.4 is 10.9 Å². The van der Waals surface area contributed by atoms with Crippen LogP contribution in [-0.2, 0) is 17.0 Å². The molecule has 1 saturated carbocycles. The molecule has 1 amide bonds. The fourth-order valence-electron chi connectivity index (χ4n) is 4.50. The minimum Gasteiger partial charge on any atom is -0.356 e. The Morgan fingerprint density at radius 1 is 1.11 bits per heavy atom. The number of carbonyl (C=O) groups is 1. The highest BCUT2D eigenvalue weighted by molar-refractivity contribution is 7.98. The summed E-state index contributed by atoms with van der Waals surface area (Å²) in [5.41, 5.74) is 2.14. The fourth-order valence-corrected chi connectivity index (χ4v) is 5.49. The van der Waals surface area contributed by atoms with Crippen molar-refractivity contribution >= 4 is 17.7 Å². The van der Waals surface area contributed by atoms with Gasteiger partial charge in [0, 0.05) is 54.8 Å². The van der Waals surface area contributed by atoms with Gasteiger partial charge in [0.15, 0.2) is 5.16 Å². The second-order valence-electron chi connectivity index (χ2n) is 9.25. The topological polar surface area (TPSA) is 89.8 Å². The van der Waals surface area contributed by atoms with Crippen molar-refractivity contribution in [3.05, 3.63) is 82.0 Å². The van der Waals surface area contributed by atoms with Crippen molar-refractivity contribution in [2.75, 3.05) is 6.54 Å². The Balaban J connectivity index is 1.53. The molecule has 2 aromatic heterocycles. The second-order valence-corrected chi connectivity index (χ2v) is 10.2. The predicted molar refractivity (Wildman–Crippen MR) is 138 cm³/mol. The molecule has 9 heteroatoms. The Morgan fingerprint density at radius 2 is 1.83 bits per heavy atom. The number of amides is 1. The number of unbranched alkanes of at least 4 members (excludes halogenated alkanes) is 1. The normalized spacial score (nSPS) is 17.6. The zero-order valence-electron chi connectivity index (χ0n) is 20.5. The fraction of sp³-hybridized carbons (Fsp3) is 0.444. The SMILES string of the molecule is CCCCNC(=O)C1CCC(n2cc(Cc3cncnc3)c(=O)nc2SCc2ccc(F)cc2)CC1. The summed E-state index contributed by atoms with van der Waals surface area (Å²) >= 11 is 1.47. The Kier molecular flexibility index (Phi) is 9.22. The van der Waals surface area contributed by atoms with Gasteiger partial charge in [0.2, 0.25) is 5.91 Å². The first-order valence-electron chi connectivity index (χ1n) is 12.5. The third kappa shape index (κ3) is 7.00. The van der Waals surface area contributed by atoms with Gasteiger partial charge in [-0.05, 0) is 55.4 Å². The maximum absolute atomic E-state index is 13.3. The van der Waals surface area contributed by atoms with E-state index in [-0.39, 0.29) is 29.2 Å². The largest absolute Gasteiger partial charge is 0.356 e. The molecular weight excluding hydrogens is 477 g/mol. The molecule has 1 aliphatic carbocycles. The second kappa shape index (κ2) is 12.8. The van der Waals surface area contributed by atoms with Crippen molar-refractivity contribution in [1.82, 2.24) is 24.8 Å². The average Bonchev–Trinajstić information content (AvgIpc) is 2.90. The lowest BCUT2D eigenvalue weighted by atomic mass is 9.85. The molecule has 1 aromatic carbocycles. The lowest BCUT2D eigenvalue weighted by molar-refractivity contribution is -0.126. The van der Waals surface area contributed by atoms with Crippen molar-refractivity contribution in [2.45, 2.75) is 68.8 Å². The molecule has 1 aliphatic rings. The number of benzene rings is 1. The van der Waals surface area contributed by atoms with E-state index in [1.54, 1.807) is 24.5 Å². The van der Waals surface area contributed by atoms with Crippen molar-refractivity contribution in [2.24, 2.45) is 5.92 Å². The number of hydrogen-bond donors (Lipinski definition) is 1. The van der Waals surface area contributed by atoms with Crippen LogP contribution >= 0.6 is 11.8 Å². The number of carbonyl (C=O) groups excluding carboxylic acids is 1. The van der Waals surface area contributed by atoms with Crippen LogP contribution in [0.2, 0.25) is 0 Å². The predicted octanol–water partition coefficient (Wildman–Crippen LogP) is 4.70. The van der Waals surface area contributed by atoms with Crippen molar-refractivity contribution in [1.29, 1.82) is 0 Å². The van der Waals surface area contributed by atoms with Gasteiger partial charge in [-0.3, -0.25) is 9.59 Å². The van der Waals surface area contributed by atoms with Crippen molar-refractivity contribution in [3.8, 4) is 0 Å². The molecule has 1 fully saturated rings. The monoisotopic (exact) mass is 509 g/mol. The van der Waals surface area contributed by atoms with Gasteiger partial charge in [-0.2, -0.15) is 4.98 Å². The van der Waals surface area contributed by atoms with Gasteiger partial charge >= 0.3 is 0 Å². The molecule has 0 saturated heterocycles. The van der Waals surface area contributed by atoms with Crippen LogP contribution in [0.4, 0.5) is 4.39 Å². The minimum absolute atomic E-state index is 0.0294. The first-order chi connectivity index (χ1) is 17.5. The highest BCUT2D eigenvalue weighted by Gasteiger charge is 2.28. The van der Waals surface area contributed by atoms with Crippen LogP contribution in [0.1, 0.15) is 68.2 Å². The lowest BCUT2D eigenvalue weighted by Gasteiger charge is -2.31. The Labute approximate surface area is 215 Å². The Hall–Kier alpha value is -3.07. The van der Waals surface area contributed by atoms with Crippen LogP contribution in [0.3, 0.4) is 0 Å². The number of nitrogens with one attached hydrogen (secondary N) is 1. The molecule has 0 bridgehead atoms. The third-order valence-electron chi connectivity index (χ3n) is 6.57. The molecule has 1 N–H and O–H groups in total. The molecule has 190 valence electrons. The summed E-state index contributed by atoms with van der Waals surface area (Å²) in [4.78, 5) is 38.0. The first-order valence-corrected chi connectivity index (χ1v) is 13.5. The molecule has 0 radical (unpaired) electrons. The van der Waals surface area contributed by atoms with Crippen LogP contribution in [0, 0.1) is 11.7 Å². The van der Waals surface area contributed by atoms with E-state index in [4.69, 9.17) is 0 Å². The van der Waals surface area contributed by atoms with Gasteiger partial charge < -0.3 is 9.88 Å². The van der Waals surface area contributed by atoms with Crippen molar-refractivity contribution in [3.63, 3.8) is 0 Å². The third-order valence-corrected chi connectivity index (χ3v) is 7.61. The summed E-state index contributed by atoms with van der Waals surface area (Å²) in [6.07, 6.45) is 12.5. The molecule has 0 spiro atoms. The number of halogens is 1. The number of hydrogen-bond acceptors (Lipinski definition) is 6. The zero-order valence-corrected chi connectivity index (χ0v) is 21.3. The van der Waals surface area contributed by atoms with E-state index in [0.29, 0.717) is 22.9 Å². The Morgan fingerprint density at radius 3 is 2.53 bits per heavy atom. The average molecular weight is 510 g/mol. The molecule has 4 rings (SSSR count). The highest BCUT2D eigenvalue weighted by atomic mass is 32.2. The molecule has 0 unspecified atom stereocenters. The van der Waals surface area contributed by atoms with E-state index in [0.717, 1.165) is 56.2 Å². The van der Waals surface area contributed by atoms with E-state index >= 15 is 0 Å². The van der Waals surface area contributed by atoms with Crippen LogP contribution in [-0.4, -0.2) is 32.0 Å². The smallest absolute Gasteiger partial charge is 0.277 e. The Bertz CT molecular complexity index is 1200. The number of nitrogens with zero attached hydrogens (tertiary/aromatic N) is 4.